The monoisotopic (exact) mass is 298 g/mol. The minimum Gasteiger partial charge on any atom is -0.305 e. The molecule has 1 aromatic rings. The predicted molar refractivity (Wildman–Crippen MR) is 59.5 cm³/mol. The number of rotatable bonds is 3. The van der Waals surface area contributed by atoms with Crippen LogP contribution in [0.1, 0.15) is 25.0 Å². The van der Waals surface area contributed by atoms with Gasteiger partial charge in [-0.25, -0.2) is 8.42 Å². The number of hydrogen-bond donors (Lipinski definition) is 0. The van der Waals surface area contributed by atoms with Crippen LogP contribution in [0.5, 0.6) is 0 Å². The van der Waals surface area contributed by atoms with Gasteiger partial charge < -0.3 is 4.57 Å². The van der Waals surface area contributed by atoms with Crippen LogP contribution < -0.4 is 0 Å². The first kappa shape index (κ1) is 14.3. The summed E-state index contributed by atoms with van der Waals surface area (Å²) in [6.45, 7) is 1.49. The molecule has 0 spiro atoms. The summed E-state index contributed by atoms with van der Waals surface area (Å²) in [5.41, 5.74) is 0. The van der Waals surface area contributed by atoms with Crippen LogP contribution in [0, 0.1) is 0 Å². The van der Waals surface area contributed by atoms with Crippen LogP contribution in [0.4, 0.5) is 13.2 Å². The molecule has 10 heteroatoms. The van der Waals surface area contributed by atoms with Crippen LogP contribution >= 0.6 is 0 Å². The highest BCUT2D eigenvalue weighted by atomic mass is 32.2. The van der Waals surface area contributed by atoms with Crippen molar-refractivity contribution in [1.82, 2.24) is 19.1 Å². The molecule has 1 aromatic heterocycles. The summed E-state index contributed by atoms with van der Waals surface area (Å²) < 4.78 is 63.6. The highest BCUT2D eigenvalue weighted by Gasteiger charge is 2.40. The van der Waals surface area contributed by atoms with Crippen molar-refractivity contribution in [3.8, 4) is 0 Å². The summed E-state index contributed by atoms with van der Waals surface area (Å²) in [5.74, 6) is -1.07. The Morgan fingerprint density at radius 1 is 1.26 bits per heavy atom. The smallest absolute Gasteiger partial charge is 0.305 e. The van der Waals surface area contributed by atoms with E-state index in [1.165, 1.54) is 0 Å². The highest BCUT2D eigenvalue weighted by Crippen LogP contribution is 2.29. The van der Waals surface area contributed by atoms with E-state index in [4.69, 9.17) is 0 Å². The first-order valence-electron chi connectivity index (χ1n) is 5.73. The molecule has 1 aliphatic heterocycles. The standard InChI is InChI=1S/C9H13F3N4O2S/c1-2-5-19(17,18)15-3-4-16-7(6-15)13-14-8(16)9(10,11)12/h2-6H2,1H3. The van der Waals surface area contributed by atoms with E-state index in [1.54, 1.807) is 6.92 Å². The van der Waals surface area contributed by atoms with E-state index in [0.29, 0.717) is 6.42 Å². The van der Waals surface area contributed by atoms with Gasteiger partial charge in [-0.05, 0) is 6.42 Å². The molecule has 0 saturated carbocycles. The van der Waals surface area contributed by atoms with Crippen LogP contribution in [-0.4, -0.2) is 39.8 Å². The van der Waals surface area contributed by atoms with E-state index in [-0.39, 0.29) is 31.2 Å². The molecule has 0 aromatic carbocycles. The second-order valence-corrected chi connectivity index (χ2v) is 6.33. The lowest BCUT2D eigenvalue weighted by molar-refractivity contribution is -0.147. The highest BCUT2D eigenvalue weighted by molar-refractivity contribution is 7.89. The van der Waals surface area contributed by atoms with Gasteiger partial charge in [-0.15, -0.1) is 10.2 Å². The van der Waals surface area contributed by atoms with E-state index in [1.807, 2.05) is 0 Å². The first-order valence-corrected chi connectivity index (χ1v) is 7.33. The van der Waals surface area contributed by atoms with Crippen molar-refractivity contribution in [2.75, 3.05) is 12.3 Å². The zero-order chi connectivity index (χ0) is 14.3. The summed E-state index contributed by atoms with van der Waals surface area (Å²) in [4.78, 5) is 0. The molecule has 0 aliphatic carbocycles. The molecule has 2 heterocycles. The fourth-order valence-electron chi connectivity index (χ4n) is 1.97. The fourth-order valence-corrected chi connectivity index (χ4v) is 3.42. The van der Waals surface area contributed by atoms with Gasteiger partial charge in [-0.2, -0.15) is 17.5 Å². The molecule has 0 fully saturated rings. The van der Waals surface area contributed by atoms with Gasteiger partial charge in [0.25, 0.3) is 0 Å². The Labute approximate surface area is 108 Å². The molecule has 0 N–H and O–H groups in total. The van der Waals surface area contributed by atoms with Crippen LogP contribution in [0.15, 0.2) is 0 Å². The topological polar surface area (TPSA) is 68.1 Å². The first-order chi connectivity index (χ1) is 8.75. The molecule has 0 bridgehead atoms. The maximum Gasteiger partial charge on any atom is 0.451 e. The third kappa shape index (κ3) is 2.73. The quantitative estimate of drug-likeness (QED) is 0.830. The normalized spacial score (nSPS) is 17.5. The number of fused-ring (bicyclic) bond motifs is 1. The average Bonchev–Trinajstić information content (AvgIpc) is 2.70. The molecular formula is C9H13F3N4O2S. The summed E-state index contributed by atoms with van der Waals surface area (Å²) in [6.07, 6.45) is -4.12. The van der Waals surface area contributed by atoms with Crippen molar-refractivity contribution >= 4 is 10.0 Å². The minimum atomic E-state index is -4.57. The van der Waals surface area contributed by atoms with E-state index < -0.39 is 22.0 Å². The maximum absolute atomic E-state index is 12.6. The van der Waals surface area contributed by atoms with Crippen molar-refractivity contribution in [2.24, 2.45) is 0 Å². The van der Waals surface area contributed by atoms with Crippen molar-refractivity contribution in [2.45, 2.75) is 32.6 Å². The van der Waals surface area contributed by atoms with Gasteiger partial charge in [0.15, 0.2) is 0 Å². The molecule has 0 unspecified atom stereocenters. The maximum atomic E-state index is 12.6. The van der Waals surface area contributed by atoms with Gasteiger partial charge >= 0.3 is 6.18 Å². The summed E-state index contributed by atoms with van der Waals surface area (Å²) in [7, 11) is -3.43. The Bertz CT molecular complexity index is 567. The fraction of sp³-hybridized carbons (Fsp3) is 0.778. The van der Waals surface area contributed by atoms with Crippen LogP contribution in [0.3, 0.4) is 0 Å². The second-order valence-electron chi connectivity index (χ2n) is 4.24. The summed E-state index contributed by atoms with van der Waals surface area (Å²) >= 11 is 0. The molecule has 1 aliphatic rings. The molecule has 0 saturated heterocycles. The Morgan fingerprint density at radius 2 is 1.95 bits per heavy atom. The lowest BCUT2D eigenvalue weighted by Gasteiger charge is -2.27. The van der Waals surface area contributed by atoms with Gasteiger partial charge in [-0.1, -0.05) is 6.92 Å². The SMILES string of the molecule is CCCS(=O)(=O)N1CCn2c(nnc2C(F)(F)F)C1. The summed E-state index contributed by atoms with van der Waals surface area (Å²) in [6, 6.07) is 0. The van der Waals surface area contributed by atoms with Crippen molar-refractivity contribution in [1.29, 1.82) is 0 Å². The Hall–Kier alpha value is -1.16. The molecule has 0 amide bonds. The number of alkyl halides is 3. The summed E-state index contributed by atoms with van der Waals surface area (Å²) in [5, 5.41) is 6.53. The van der Waals surface area contributed by atoms with Crippen LogP contribution in [-0.2, 0) is 29.3 Å². The van der Waals surface area contributed by atoms with Crippen LogP contribution in [0.2, 0.25) is 0 Å². The van der Waals surface area contributed by atoms with Crippen LogP contribution in [0.25, 0.3) is 0 Å². The van der Waals surface area contributed by atoms with E-state index >= 15 is 0 Å². The Morgan fingerprint density at radius 3 is 2.53 bits per heavy atom. The van der Waals surface area contributed by atoms with Gasteiger partial charge in [0, 0.05) is 13.1 Å². The number of aromatic nitrogens is 3. The molecule has 0 atom stereocenters. The second kappa shape index (κ2) is 4.75. The lowest BCUT2D eigenvalue weighted by Crippen LogP contribution is -2.40. The minimum absolute atomic E-state index is 0.0104. The van der Waals surface area contributed by atoms with E-state index in [2.05, 4.69) is 10.2 Å². The number of hydrogen-bond acceptors (Lipinski definition) is 4. The molecule has 108 valence electrons. The Kier molecular flexibility index (Phi) is 3.56. The zero-order valence-corrected chi connectivity index (χ0v) is 11.0. The largest absolute Gasteiger partial charge is 0.451 e. The third-order valence-corrected chi connectivity index (χ3v) is 4.85. The number of nitrogens with zero attached hydrogens (tertiary/aromatic N) is 4. The molecule has 0 radical (unpaired) electrons. The lowest BCUT2D eigenvalue weighted by atomic mass is 10.4. The van der Waals surface area contributed by atoms with E-state index in [0.717, 1.165) is 8.87 Å². The van der Waals surface area contributed by atoms with E-state index in [9.17, 15) is 21.6 Å². The van der Waals surface area contributed by atoms with Gasteiger partial charge in [-0.3, -0.25) is 0 Å². The number of sulfonamides is 1. The molecule has 19 heavy (non-hydrogen) atoms. The van der Waals surface area contributed by atoms with Gasteiger partial charge in [0.1, 0.15) is 5.82 Å². The van der Waals surface area contributed by atoms with Gasteiger partial charge in [0.2, 0.25) is 15.8 Å². The predicted octanol–water partition coefficient (Wildman–Crippen LogP) is 0.852. The van der Waals surface area contributed by atoms with Crippen molar-refractivity contribution < 1.29 is 21.6 Å². The average molecular weight is 298 g/mol. The number of halogens is 3. The van der Waals surface area contributed by atoms with Crippen molar-refractivity contribution in [3.63, 3.8) is 0 Å². The molecular weight excluding hydrogens is 285 g/mol. The zero-order valence-electron chi connectivity index (χ0n) is 10.2. The third-order valence-electron chi connectivity index (χ3n) is 2.83. The molecule has 6 nitrogen and oxygen atoms in total. The van der Waals surface area contributed by atoms with Gasteiger partial charge in [0.05, 0.1) is 12.3 Å². The Balaban J connectivity index is 2.25. The van der Waals surface area contributed by atoms with Crippen molar-refractivity contribution in [3.05, 3.63) is 11.6 Å². The molecule has 2 rings (SSSR count).